The minimum atomic E-state index is -0.245. The van der Waals surface area contributed by atoms with Crippen LogP contribution in [0.5, 0.6) is 11.5 Å². The summed E-state index contributed by atoms with van der Waals surface area (Å²) in [6.45, 7) is 0. The fraction of sp³-hybridized carbons (Fsp3) is 0.174. The summed E-state index contributed by atoms with van der Waals surface area (Å²) in [6.07, 6.45) is 6.20. The summed E-state index contributed by atoms with van der Waals surface area (Å²) in [5, 5.41) is 14.1. The number of urea groups is 1. The van der Waals surface area contributed by atoms with Gasteiger partial charge in [-0.25, -0.2) is 9.78 Å². The number of aromatic amines is 1. The largest absolute Gasteiger partial charge is 0.455 e. The van der Waals surface area contributed by atoms with Crippen molar-refractivity contribution in [1.29, 1.82) is 0 Å². The molecule has 2 amide bonds. The molecule has 2 heterocycles. The van der Waals surface area contributed by atoms with Crippen molar-refractivity contribution in [2.45, 2.75) is 25.3 Å². The molecular formula is C23H21N5O2. The van der Waals surface area contributed by atoms with E-state index in [2.05, 4.69) is 25.8 Å². The zero-order valence-corrected chi connectivity index (χ0v) is 16.3. The Bertz CT molecular complexity index is 1190. The number of ether oxygens (including phenoxy) is 1. The molecule has 7 heteroatoms. The number of hydrogen-bond acceptors (Lipinski definition) is 4. The first kappa shape index (κ1) is 18.2. The number of para-hydroxylation sites is 3. The fourth-order valence-corrected chi connectivity index (χ4v) is 3.89. The Balaban J connectivity index is 1.26. The van der Waals surface area contributed by atoms with Crippen molar-refractivity contribution in [1.82, 2.24) is 20.5 Å². The number of hydrogen-bond donors (Lipinski definition) is 3. The van der Waals surface area contributed by atoms with Crippen molar-refractivity contribution in [3.05, 3.63) is 78.1 Å². The van der Waals surface area contributed by atoms with Crippen LogP contribution in [0.4, 0.5) is 10.5 Å². The summed E-state index contributed by atoms with van der Waals surface area (Å²) in [4.78, 5) is 17.1. The number of fused-ring (bicyclic) bond motifs is 3. The standard InChI is InChI=1S/C23H21N5O2/c29-23(27-20-8-4-5-9-21(20)30-17-6-2-1-3-7-17)26-16-10-11-18-15(12-16)13-24-22-19(18)14-25-28-22/h1-9,13-14,16H,10-12H2,(H,24,25,28)(H2,26,27,29). The van der Waals surface area contributed by atoms with Gasteiger partial charge in [-0.05, 0) is 54.7 Å². The third-order valence-corrected chi connectivity index (χ3v) is 5.33. The number of nitrogens with zero attached hydrogens (tertiary/aromatic N) is 2. The topological polar surface area (TPSA) is 91.9 Å². The van der Waals surface area contributed by atoms with Gasteiger partial charge in [0.15, 0.2) is 11.4 Å². The Morgan fingerprint density at radius 1 is 1.07 bits per heavy atom. The van der Waals surface area contributed by atoms with Gasteiger partial charge in [0.25, 0.3) is 0 Å². The number of carbonyl (C=O) groups is 1. The van der Waals surface area contributed by atoms with Crippen molar-refractivity contribution in [3.8, 4) is 11.5 Å². The molecule has 150 valence electrons. The van der Waals surface area contributed by atoms with Crippen LogP contribution in [-0.4, -0.2) is 27.3 Å². The number of aromatic nitrogens is 3. The highest BCUT2D eigenvalue weighted by Crippen LogP contribution is 2.30. The molecular weight excluding hydrogens is 378 g/mol. The minimum Gasteiger partial charge on any atom is -0.455 e. The van der Waals surface area contributed by atoms with E-state index >= 15 is 0 Å². The van der Waals surface area contributed by atoms with E-state index in [1.165, 1.54) is 5.56 Å². The lowest BCUT2D eigenvalue weighted by Crippen LogP contribution is -2.41. The monoisotopic (exact) mass is 399 g/mol. The molecule has 0 radical (unpaired) electrons. The third-order valence-electron chi connectivity index (χ3n) is 5.33. The number of anilines is 1. The van der Waals surface area contributed by atoms with Crippen LogP contribution >= 0.6 is 0 Å². The molecule has 3 N–H and O–H groups in total. The van der Waals surface area contributed by atoms with Crippen LogP contribution < -0.4 is 15.4 Å². The Hall–Kier alpha value is -3.87. The maximum Gasteiger partial charge on any atom is 0.319 e. The van der Waals surface area contributed by atoms with Gasteiger partial charge in [-0.15, -0.1) is 0 Å². The zero-order chi connectivity index (χ0) is 20.3. The maximum atomic E-state index is 12.7. The molecule has 5 rings (SSSR count). The van der Waals surface area contributed by atoms with Gasteiger partial charge >= 0.3 is 6.03 Å². The highest BCUT2D eigenvalue weighted by Gasteiger charge is 2.23. The van der Waals surface area contributed by atoms with E-state index in [0.717, 1.165) is 35.9 Å². The summed E-state index contributed by atoms with van der Waals surface area (Å²) in [5.74, 6) is 1.31. The van der Waals surface area contributed by atoms with Crippen molar-refractivity contribution in [2.75, 3.05) is 5.32 Å². The second kappa shape index (κ2) is 7.87. The number of pyridine rings is 1. The number of rotatable bonds is 4. The second-order valence-electron chi connectivity index (χ2n) is 7.34. The second-order valence-corrected chi connectivity index (χ2v) is 7.34. The predicted octanol–water partition coefficient (Wildman–Crippen LogP) is 4.43. The van der Waals surface area contributed by atoms with Gasteiger partial charge in [0.2, 0.25) is 0 Å². The van der Waals surface area contributed by atoms with Crippen LogP contribution in [0.25, 0.3) is 11.0 Å². The van der Waals surface area contributed by atoms with Crippen molar-refractivity contribution in [2.24, 2.45) is 0 Å². The lowest BCUT2D eigenvalue weighted by Gasteiger charge is -2.25. The molecule has 7 nitrogen and oxygen atoms in total. The molecule has 0 aliphatic heterocycles. The van der Waals surface area contributed by atoms with Crippen LogP contribution in [0.2, 0.25) is 0 Å². The summed E-state index contributed by atoms with van der Waals surface area (Å²) in [5.41, 5.74) is 3.87. The van der Waals surface area contributed by atoms with E-state index in [1.807, 2.05) is 67.0 Å². The SMILES string of the molecule is O=C(Nc1ccccc1Oc1ccccc1)NC1CCc2c(cnc3[nH]ncc23)C1. The van der Waals surface area contributed by atoms with Crippen LogP contribution in [-0.2, 0) is 12.8 Å². The molecule has 1 aliphatic carbocycles. The van der Waals surface area contributed by atoms with E-state index in [-0.39, 0.29) is 12.1 Å². The molecule has 0 saturated heterocycles. The molecule has 2 aromatic carbocycles. The van der Waals surface area contributed by atoms with Gasteiger partial charge in [-0.3, -0.25) is 5.10 Å². The number of aryl methyl sites for hydroxylation is 1. The number of H-pyrrole nitrogens is 1. The Morgan fingerprint density at radius 2 is 1.90 bits per heavy atom. The molecule has 1 atom stereocenters. The van der Waals surface area contributed by atoms with E-state index in [1.54, 1.807) is 0 Å². The minimum absolute atomic E-state index is 0.0471. The lowest BCUT2D eigenvalue weighted by atomic mass is 9.88. The van der Waals surface area contributed by atoms with Gasteiger partial charge in [0.1, 0.15) is 5.75 Å². The Labute approximate surface area is 173 Å². The van der Waals surface area contributed by atoms with E-state index in [9.17, 15) is 4.79 Å². The summed E-state index contributed by atoms with van der Waals surface area (Å²) in [6, 6.07) is 16.7. The van der Waals surface area contributed by atoms with E-state index < -0.39 is 0 Å². The number of benzene rings is 2. The molecule has 30 heavy (non-hydrogen) atoms. The summed E-state index contributed by atoms with van der Waals surface area (Å²) >= 11 is 0. The number of nitrogens with one attached hydrogen (secondary N) is 3. The first-order chi connectivity index (χ1) is 14.8. The van der Waals surface area contributed by atoms with Crippen LogP contribution in [0, 0.1) is 0 Å². The Kier molecular flexibility index (Phi) is 4.77. The molecule has 0 spiro atoms. The molecule has 0 fully saturated rings. The average Bonchev–Trinajstić information content (AvgIpc) is 3.25. The van der Waals surface area contributed by atoms with E-state index in [4.69, 9.17) is 4.74 Å². The first-order valence-corrected chi connectivity index (χ1v) is 9.95. The highest BCUT2D eigenvalue weighted by molar-refractivity contribution is 5.91. The smallest absolute Gasteiger partial charge is 0.319 e. The normalized spacial score (nSPS) is 15.4. The molecule has 0 bridgehead atoms. The Morgan fingerprint density at radius 3 is 2.80 bits per heavy atom. The molecule has 1 unspecified atom stereocenters. The van der Waals surface area contributed by atoms with Crippen molar-refractivity contribution in [3.63, 3.8) is 0 Å². The van der Waals surface area contributed by atoms with Crippen LogP contribution in [0.3, 0.4) is 0 Å². The maximum absolute atomic E-state index is 12.7. The molecule has 2 aromatic heterocycles. The van der Waals surface area contributed by atoms with Gasteiger partial charge in [0, 0.05) is 17.6 Å². The number of carbonyl (C=O) groups excluding carboxylic acids is 1. The quantitative estimate of drug-likeness (QED) is 0.473. The lowest BCUT2D eigenvalue weighted by molar-refractivity contribution is 0.247. The third kappa shape index (κ3) is 3.69. The molecule has 4 aromatic rings. The van der Waals surface area contributed by atoms with Gasteiger partial charge in [-0.1, -0.05) is 30.3 Å². The van der Waals surface area contributed by atoms with Crippen molar-refractivity contribution < 1.29 is 9.53 Å². The van der Waals surface area contributed by atoms with Gasteiger partial charge in [0.05, 0.1) is 11.9 Å². The molecule has 1 aliphatic rings. The van der Waals surface area contributed by atoms with Crippen molar-refractivity contribution >= 4 is 22.8 Å². The number of amides is 2. The zero-order valence-electron chi connectivity index (χ0n) is 16.3. The van der Waals surface area contributed by atoms with Crippen LogP contribution in [0.15, 0.2) is 67.0 Å². The molecule has 0 saturated carbocycles. The van der Waals surface area contributed by atoms with Gasteiger partial charge < -0.3 is 15.4 Å². The average molecular weight is 399 g/mol. The summed E-state index contributed by atoms with van der Waals surface area (Å²) in [7, 11) is 0. The van der Waals surface area contributed by atoms with Crippen LogP contribution in [0.1, 0.15) is 17.5 Å². The fourth-order valence-electron chi connectivity index (χ4n) is 3.89. The highest BCUT2D eigenvalue weighted by atomic mass is 16.5. The predicted molar refractivity (Wildman–Crippen MR) is 115 cm³/mol. The first-order valence-electron chi connectivity index (χ1n) is 9.95. The summed E-state index contributed by atoms with van der Waals surface area (Å²) < 4.78 is 5.92. The van der Waals surface area contributed by atoms with E-state index in [0.29, 0.717) is 17.2 Å². The van der Waals surface area contributed by atoms with Gasteiger partial charge in [-0.2, -0.15) is 5.10 Å².